The number of phosphoric acid groups is 2. The van der Waals surface area contributed by atoms with Crippen molar-refractivity contribution in [2.24, 2.45) is 0 Å². The first-order valence-electron chi connectivity index (χ1n) is 6.47. The molecule has 0 rings (SSSR count). The summed E-state index contributed by atoms with van der Waals surface area (Å²) in [6.45, 7) is 2.21. The SMILES string of the molecule is CC(O)(CBr)CCOP(=O)(O)OP(=O)(O)OCCC(C)(O)CBr. The molecule has 4 N–H and O–H groups in total. The van der Waals surface area contributed by atoms with Gasteiger partial charge in [0.05, 0.1) is 24.4 Å². The molecule has 0 amide bonds. The zero-order valence-corrected chi connectivity index (χ0v) is 17.7. The molecule has 0 saturated heterocycles. The molecule has 0 aromatic heterocycles. The molecule has 0 spiro atoms. The maximum atomic E-state index is 11.6. The molecule has 0 fully saturated rings. The molecule has 4 atom stereocenters. The van der Waals surface area contributed by atoms with Gasteiger partial charge in [0.2, 0.25) is 0 Å². The van der Waals surface area contributed by atoms with Crippen LogP contribution in [0.4, 0.5) is 0 Å². The van der Waals surface area contributed by atoms with Crippen LogP contribution in [-0.2, 0) is 22.5 Å². The molecule has 0 aliphatic heterocycles. The van der Waals surface area contributed by atoms with Crippen molar-refractivity contribution in [3.05, 3.63) is 0 Å². The summed E-state index contributed by atoms with van der Waals surface area (Å²) in [4.78, 5) is 18.7. The molecular formula is C10H22Br2O9P2. The van der Waals surface area contributed by atoms with Crippen LogP contribution in [0, 0.1) is 0 Å². The van der Waals surface area contributed by atoms with Crippen molar-refractivity contribution in [3.8, 4) is 0 Å². The summed E-state index contributed by atoms with van der Waals surface area (Å²) in [7, 11) is -9.67. The van der Waals surface area contributed by atoms with E-state index in [9.17, 15) is 29.1 Å². The average Bonchev–Trinajstić information content (AvgIpc) is 2.36. The van der Waals surface area contributed by atoms with Gasteiger partial charge in [-0.15, -0.1) is 0 Å². The Hall–Kier alpha value is 1.14. The van der Waals surface area contributed by atoms with Crippen molar-refractivity contribution in [1.29, 1.82) is 0 Å². The van der Waals surface area contributed by atoms with E-state index in [2.05, 4.69) is 45.2 Å². The third kappa shape index (κ3) is 12.2. The van der Waals surface area contributed by atoms with Gasteiger partial charge in [0.15, 0.2) is 0 Å². The maximum absolute atomic E-state index is 11.6. The quantitative estimate of drug-likeness (QED) is 0.231. The largest absolute Gasteiger partial charge is 0.481 e. The lowest BCUT2D eigenvalue weighted by Gasteiger charge is -2.22. The van der Waals surface area contributed by atoms with Crippen LogP contribution >= 0.6 is 47.5 Å². The fourth-order valence-electron chi connectivity index (χ4n) is 1.07. The van der Waals surface area contributed by atoms with E-state index in [-0.39, 0.29) is 36.7 Å². The summed E-state index contributed by atoms with van der Waals surface area (Å²) in [5.74, 6) is 0. The van der Waals surface area contributed by atoms with Gasteiger partial charge in [0.25, 0.3) is 0 Å². The van der Waals surface area contributed by atoms with Gasteiger partial charge in [-0.1, -0.05) is 31.9 Å². The minimum absolute atomic E-state index is 0.00311. The van der Waals surface area contributed by atoms with E-state index in [1.54, 1.807) is 0 Å². The van der Waals surface area contributed by atoms with Crippen molar-refractivity contribution < 1.29 is 42.5 Å². The molecule has 0 aromatic rings. The Morgan fingerprint density at radius 1 is 0.870 bits per heavy atom. The average molecular weight is 508 g/mol. The van der Waals surface area contributed by atoms with Gasteiger partial charge in [-0.3, -0.25) is 9.05 Å². The molecule has 0 aromatic carbocycles. The van der Waals surface area contributed by atoms with Crippen molar-refractivity contribution in [3.63, 3.8) is 0 Å². The van der Waals surface area contributed by atoms with Gasteiger partial charge < -0.3 is 20.0 Å². The summed E-state index contributed by atoms with van der Waals surface area (Å²) in [5, 5.41) is 19.8. The van der Waals surface area contributed by atoms with Crippen molar-refractivity contribution in [1.82, 2.24) is 0 Å². The Labute approximate surface area is 151 Å². The van der Waals surface area contributed by atoms with Crippen LogP contribution in [0.3, 0.4) is 0 Å². The topological polar surface area (TPSA) is 143 Å². The standard InChI is InChI=1S/C10H22Br2O9P2/c1-9(13,7-11)3-5-19-22(15,16)21-23(17,18)20-6-4-10(2,14)8-12/h13-14H,3-8H2,1-2H3,(H,15,16)(H,17,18). The first kappa shape index (κ1) is 24.1. The fourth-order valence-corrected chi connectivity index (χ4v) is 3.70. The number of phosphoric ester groups is 2. The van der Waals surface area contributed by atoms with Crippen molar-refractivity contribution in [2.45, 2.75) is 37.9 Å². The zero-order chi connectivity index (χ0) is 18.4. The highest BCUT2D eigenvalue weighted by Crippen LogP contribution is 2.60. The highest BCUT2D eigenvalue weighted by molar-refractivity contribution is 9.09. The smallest absolute Gasteiger partial charge is 0.389 e. The van der Waals surface area contributed by atoms with Gasteiger partial charge >= 0.3 is 15.6 Å². The first-order valence-corrected chi connectivity index (χ1v) is 11.7. The Kier molecular flexibility index (Phi) is 10.2. The molecule has 0 radical (unpaired) electrons. The van der Waals surface area contributed by atoms with Gasteiger partial charge in [0.1, 0.15) is 0 Å². The minimum atomic E-state index is -4.83. The Balaban J connectivity index is 4.35. The van der Waals surface area contributed by atoms with Crippen LogP contribution < -0.4 is 0 Å². The molecule has 0 saturated carbocycles. The van der Waals surface area contributed by atoms with Crippen LogP contribution in [-0.4, -0.2) is 55.1 Å². The molecule has 13 heteroatoms. The molecule has 23 heavy (non-hydrogen) atoms. The number of aliphatic hydroxyl groups is 2. The minimum Gasteiger partial charge on any atom is -0.389 e. The number of alkyl halides is 2. The van der Waals surface area contributed by atoms with E-state index in [0.29, 0.717) is 0 Å². The second-order valence-electron chi connectivity index (χ2n) is 5.45. The number of hydrogen-bond acceptors (Lipinski definition) is 7. The molecular weight excluding hydrogens is 486 g/mol. The lowest BCUT2D eigenvalue weighted by Crippen LogP contribution is -2.27. The van der Waals surface area contributed by atoms with E-state index in [0.717, 1.165) is 0 Å². The maximum Gasteiger partial charge on any atom is 0.481 e. The van der Waals surface area contributed by atoms with Crippen LogP contribution in [0.15, 0.2) is 0 Å². The third-order valence-corrected chi connectivity index (χ3v) is 7.66. The number of rotatable bonds is 12. The van der Waals surface area contributed by atoms with Crippen LogP contribution in [0.25, 0.3) is 0 Å². The molecule has 0 heterocycles. The second-order valence-corrected chi connectivity index (χ2v) is 9.61. The monoisotopic (exact) mass is 506 g/mol. The van der Waals surface area contributed by atoms with Crippen LogP contribution in [0.2, 0.25) is 0 Å². The lowest BCUT2D eigenvalue weighted by molar-refractivity contribution is 0.0508. The van der Waals surface area contributed by atoms with Gasteiger partial charge in [-0.25, -0.2) is 9.13 Å². The Morgan fingerprint density at radius 3 is 1.43 bits per heavy atom. The molecule has 0 aliphatic carbocycles. The molecule has 0 bridgehead atoms. The van der Waals surface area contributed by atoms with E-state index in [1.807, 2.05) is 0 Å². The molecule has 4 unspecified atom stereocenters. The predicted octanol–water partition coefficient (Wildman–Crippen LogP) is 2.31. The third-order valence-electron chi connectivity index (χ3n) is 2.57. The lowest BCUT2D eigenvalue weighted by atomic mass is 10.1. The summed E-state index contributed by atoms with van der Waals surface area (Å²) in [6, 6.07) is 0. The summed E-state index contributed by atoms with van der Waals surface area (Å²) in [6.07, 6.45) is -0.00622. The first-order chi connectivity index (χ1) is 10.2. The highest BCUT2D eigenvalue weighted by atomic mass is 79.9. The Bertz CT molecular complexity index is 418. The number of halogens is 2. The fraction of sp³-hybridized carbons (Fsp3) is 1.00. The highest BCUT2D eigenvalue weighted by Gasteiger charge is 2.36. The zero-order valence-electron chi connectivity index (χ0n) is 12.7. The molecule has 9 nitrogen and oxygen atoms in total. The predicted molar refractivity (Wildman–Crippen MR) is 90.7 cm³/mol. The summed E-state index contributed by atoms with van der Waals surface area (Å²) in [5.41, 5.74) is -2.33. The van der Waals surface area contributed by atoms with E-state index in [4.69, 9.17) is 0 Å². The second kappa shape index (κ2) is 9.73. The molecule has 140 valence electrons. The summed E-state index contributed by atoms with van der Waals surface area (Å²) < 4.78 is 36.3. The van der Waals surface area contributed by atoms with E-state index in [1.165, 1.54) is 13.8 Å². The summed E-state index contributed by atoms with van der Waals surface area (Å²) >= 11 is 6.11. The normalized spacial score (nSPS) is 22.6. The number of hydrogen-bond donors (Lipinski definition) is 4. The van der Waals surface area contributed by atoms with Crippen molar-refractivity contribution >= 4 is 47.5 Å². The van der Waals surface area contributed by atoms with E-state index >= 15 is 0 Å². The van der Waals surface area contributed by atoms with Crippen LogP contribution in [0.5, 0.6) is 0 Å². The van der Waals surface area contributed by atoms with E-state index < -0.39 is 26.8 Å². The van der Waals surface area contributed by atoms with Gasteiger partial charge in [-0.05, 0) is 13.8 Å². The Morgan fingerprint density at radius 2 is 1.17 bits per heavy atom. The van der Waals surface area contributed by atoms with Crippen LogP contribution in [0.1, 0.15) is 26.7 Å². The van der Waals surface area contributed by atoms with Crippen molar-refractivity contribution in [2.75, 3.05) is 23.9 Å². The molecule has 0 aliphatic rings. The van der Waals surface area contributed by atoms with Gasteiger partial charge in [-0.2, -0.15) is 4.31 Å². The van der Waals surface area contributed by atoms with Gasteiger partial charge in [0, 0.05) is 23.5 Å².